The Morgan fingerprint density at radius 2 is 2.43 bits per heavy atom. The second kappa shape index (κ2) is 4.58. The number of pyridine rings is 1. The zero-order valence-corrected chi connectivity index (χ0v) is 8.08. The maximum Gasteiger partial charge on any atom is 0.217 e. The molecule has 1 aromatic heterocycles. The Bertz CT molecular complexity index is 398. The monoisotopic (exact) mass is 209 g/mol. The number of primary amides is 1. The number of amides is 1. The van der Waals surface area contributed by atoms with Crippen molar-refractivity contribution in [2.24, 2.45) is 5.73 Å². The van der Waals surface area contributed by atoms with Gasteiger partial charge in [0.2, 0.25) is 5.91 Å². The van der Waals surface area contributed by atoms with Gasteiger partial charge in [0.15, 0.2) is 5.69 Å². The molecule has 72 valence electrons. The van der Waals surface area contributed by atoms with Gasteiger partial charge in [0, 0.05) is 12.6 Å². The van der Waals surface area contributed by atoms with Crippen LogP contribution in [0.15, 0.2) is 12.3 Å². The molecule has 0 aliphatic carbocycles. The molecule has 1 amide bonds. The molecule has 1 heterocycles. The first-order valence-electron chi connectivity index (χ1n) is 3.96. The van der Waals surface area contributed by atoms with Crippen LogP contribution in [0.1, 0.15) is 17.7 Å². The van der Waals surface area contributed by atoms with E-state index in [4.69, 9.17) is 22.6 Å². The summed E-state index contributed by atoms with van der Waals surface area (Å²) in [6, 6.07) is 3.47. The van der Waals surface area contributed by atoms with Gasteiger partial charge in [-0.05, 0) is 18.1 Å². The van der Waals surface area contributed by atoms with Crippen LogP contribution >= 0.6 is 11.6 Å². The number of nitrogens with zero attached hydrogens (tertiary/aromatic N) is 2. The Hall–Kier alpha value is -1.60. The lowest BCUT2D eigenvalue weighted by molar-refractivity contribution is -0.117. The molecule has 0 bridgehead atoms. The summed E-state index contributed by atoms with van der Waals surface area (Å²) in [6.07, 6.45) is 2.27. The SMILES string of the molecule is N#Cc1ncc(CCC(N)=O)cc1Cl. The topological polar surface area (TPSA) is 79.8 Å². The lowest BCUT2D eigenvalue weighted by atomic mass is 10.1. The van der Waals surface area contributed by atoms with Gasteiger partial charge in [0.05, 0.1) is 5.02 Å². The minimum Gasteiger partial charge on any atom is -0.370 e. The molecule has 5 heteroatoms. The van der Waals surface area contributed by atoms with Gasteiger partial charge in [-0.25, -0.2) is 4.98 Å². The quantitative estimate of drug-likeness (QED) is 0.807. The van der Waals surface area contributed by atoms with Crippen LogP contribution in [0.25, 0.3) is 0 Å². The fraction of sp³-hybridized carbons (Fsp3) is 0.222. The highest BCUT2D eigenvalue weighted by molar-refractivity contribution is 6.31. The molecule has 1 aromatic rings. The lowest BCUT2D eigenvalue weighted by Gasteiger charge is -1.99. The molecule has 0 aliphatic rings. The number of hydrogen-bond donors (Lipinski definition) is 1. The number of carbonyl (C=O) groups excluding carboxylic acids is 1. The molecule has 0 saturated carbocycles. The first kappa shape index (κ1) is 10.5. The normalized spacial score (nSPS) is 9.43. The van der Waals surface area contributed by atoms with Gasteiger partial charge in [-0.1, -0.05) is 11.6 Å². The van der Waals surface area contributed by atoms with Gasteiger partial charge in [0.1, 0.15) is 6.07 Å². The molecule has 0 atom stereocenters. The average molecular weight is 210 g/mol. The van der Waals surface area contributed by atoms with Crippen molar-refractivity contribution in [3.63, 3.8) is 0 Å². The van der Waals surface area contributed by atoms with Crippen molar-refractivity contribution in [1.82, 2.24) is 4.98 Å². The van der Waals surface area contributed by atoms with Crippen molar-refractivity contribution in [2.45, 2.75) is 12.8 Å². The van der Waals surface area contributed by atoms with E-state index in [1.165, 1.54) is 6.20 Å². The average Bonchev–Trinajstić information content (AvgIpc) is 2.15. The van der Waals surface area contributed by atoms with Crippen molar-refractivity contribution >= 4 is 17.5 Å². The smallest absolute Gasteiger partial charge is 0.217 e. The number of nitriles is 1. The molecule has 0 radical (unpaired) electrons. The molecular formula is C9H8ClN3O. The fourth-order valence-corrected chi connectivity index (χ4v) is 1.20. The number of nitrogens with two attached hydrogens (primary N) is 1. The molecule has 14 heavy (non-hydrogen) atoms. The molecule has 4 nitrogen and oxygen atoms in total. The maximum atomic E-state index is 10.5. The molecule has 0 spiro atoms. The number of carbonyl (C=O) groups is 1. The molecule has 0 aliphatic heterocycles. The number of aryl methyl sites for hydroxylation is 1. The summed E-state index contributed by atoms with van der Waals surface area (Å²) in [5, 5.41) is 8.86. The number of rotatable bonds is 3. The third-order valence-electron chi connectivity index (χ3n) is 1.66. The largest absolute Gasteiger partial charge is 0.370 e. The first-order chi connectivity index (χ1) is 6.63. The van der Waals surface area contributed by atoms with Crippen LogP contribution < -0.4 is 5.73 Å². The summed E-state index contributed by atoms with van der Waals surface area (Å²) in [4.78, 5) is 14.3. The Kier molecular flexibility index (Phi) is 3.43. The highest BCUT2D eigenvalue weighted by atomic mass is 35.5. The number of hydrogen-bond acceptors (Lipinski definition) is 3. The van der Waals surface area contributed by atoms with Gasteiger partial charge in [-0.15, -0.1) is 0 Å². The maximum absolute atomic E-state index is 10.5. The summed E-state index contributed by atoms with van der Waals surface area (Å²) in [7, 11) is 0. The highest BCUT2D eigenvalue weighted by Gasteiger charge is 2.03. The van der Waals surface area contributed by atoms with Crippen molar-refractivity contribution in [3.8, 4) is 6.07 Å². The third kappa shape index (κ3) is 2.71. The molecule has 0 fully saturated rings. The van der Waals surface area contributed by atoms with Crippen molar-refractivity contribution in [2.75, 3.05) is 0 Å². The summed E-state index contributed by atoms with van der Waals surface area (Å²) >= 11 is 5.74. The van der Waals surface area contributed by atoms with Crippen LogP contribution in [-0.4, -0.2) is 10.9 Å². The molecular weight excluding hydrogens is 202 g/mol. The van der Waals surface area contributed by atoms with E-state index in [9.17, 15) is 4.79 Å². The van der Waals surface area contributed by atoms with Gasteiger partial charge < -0.3 is 5.73 Å². The standard InChI is InChI=1S/C9H8ClN3O/c10-7-3-6(1-2-9(12)14)5-13-8(7)4-11/h3,5H,1-2H2,(H2,12,14). The molecule has 0 saturated heterocycles. The zero-order valence-electron chi connectivity index (χ0n) is 7.33. The van der Waals surface area contributed by atoms with Gasteiger partial charge in [-0.2, -0.15) is 5.26 Å². The second-order valence-corrected chi connectivity index (χ2v) is 3.16. The van der Waals surface area contributed by atoms with E-state index in [1.54, 1.807) is 6.07 Å². The minimum absolute atomic E-state index is 0.189. The first-order valence-corrected chi connectivity index (χ1v) is 4.34. The second-order valence-electron chi connectivity index (χ2n) is 2.75. The van der Waals surface area contributed by atoms with E-state index in [-0.39, 0.29) is 18.0 Å². The van der Waals surface area contributed by atoms with E-state index in [0.717, 1.165) is 5.56 Å². The van der Waals surface area contributed by atoms with Gasteiger partial charge in [-0.3, -0.25) is 4.79 Å². The zero-order chi connectivity index (χ0) is 10.6. The van der Waals surface area contributed by atoms with E-state index >= 15 is 0 Å². The van der Waals surface area contributed by atoms with E-state index in [1.807, 2.05) is 6.07 Å². The van der Waals surface area contributed by atoms with E-state index in [0.29, 0.717) is 11.4 Å². The van der Waals surface area contributed by atoms with Crippen LogP contribution in [-0.2, 0) is 11.2 Å². The van der Waals surface area contributed by atoms with Gasteiger partial charge in [0.25, 0.3) is 0 Å². The lowest BCUT2D eigenvalue weighted by Crippen LogP contribution is -2.11. The molecule has 0 aromatic carbocycles. The Labute approximate surface area is 86.3 Å². The Morgan fingerprint density at radius 3 is 2.93 bits per heavy atom. The van der Waals surface area contributed by atoms with Crippen LogP contribution in [0.2, 0.25) is 5.02 Å². The number of halogens is 1. The fourth-order valence-electron chi connectivity index (χ4n) is 0.964. The number of aromatic nitrogens is 1. The summed E-state index contributed by atoms with van der Waals surface area (Å²) in [5.41, 5.74) is 5.98. The third-order valence-corrected chi connectivity index (χ3v) is 1.95. The Morgan fingerprint density at radius 1 is 1.71 bits per heavy atom. The van der Waals surface area contributed by atoms with E-state index in [2.05, 4.69) is 4.98 Å². The minimum atomic E-state index is -0.370. The Balaban J connectivity index is 2.77. The van der Waals surface area contributed by atoms with Crippen LogP contribution in [0.4, 0.5) is 0 Å². The summed E-state index contributed by atoms with van der Waals surface area (Å²) in [6.45, 7) is 0. The summed E-state index contributed by atoms with van der Waals surface area (Å²) in [5.74, 6) is -0.370. The van der Waals surface area contributed by atoms with Crippen LogP contribution in [0.5, 0.6) is 0 Å². The van der Waals surface area contributed by atoms with Crippen LogP contribution in [0, 0.1) is 11.3 Å². The summed E-state index contributed by atoms with van der Waals surface area (Å²) < 4.78 is 0. The predicted octanol–water partition coefficient (Wildman–Crippen LogP) is 1.02. The van der Waals surface area contributed by atoms with Gasteiger partial charge >= 0.3 is 0 Å². The van der Waals surface area contributed by atoms with Crippen molar-refractivity contribution in [3.05, 3.63) is 28.5 Å². The molecule has 1 rings (SSSR count). The van der Waals surface area contributed by atoms with Crippen molar-refractivity contribution in [1.29, 1.82) is 5.26 Å². The van der Waals surface area contributed by atoms with Crippen LogP contribution in [0.3, 0.4) is 0 Å². The molecule has 0 unspecified atom stereocenters. The predicted molar refractivity (Wildman–Crippen MR) is 51.5 cm³/mol. The molecule has 2 N–H and O–H groups in total. The van der Waals surface area contributed by atoms with Crippen molar-refractivity contribution < 1.29 is 4.79 Å². The van der Waals surface area contributed by atoms with E-state index < -0.39 is 0 Å². The highest BCUT2D eigenvalue weighted by Crippen LogP contribution is 2.15.